The predicted octanol–water partition coefficient (Wildman–Crippen LogP) is 6.89. The van der Waals surface area contributed by atoms with Gasteiger partial charge in [-0.3, -0.25) is 9.20 Å². The summed E-state index contributed by atoms with van der Waals surface area (Å²) in [6.07, 6.45) is -6.66. The van der Waals surface area contributed by atoms with Crippen molar-refractivity contribution >= 4 is 28.3 Å². The fraction of sp³-hybridized carbons (Fsp3) is 0.281. The van der Waals surface area contributed by atoms with Crippen LogP contribution in [0, 0.1) is 0 Å². The number of hydrogen-bond donors (Lipinski definition) is 1. The van der Waals surface area contributed by atoms with Gasteiger partial charge in [-0.15, -0.1) is 0 Å². The van der Waals surface area contributed by atoms with Crippen molar-refractivity contribution in [1.29, 1.82) is 0 Å². The van der Waals surface area contributed by atoms with E-state index in [4.69, 9.17) is 14.2 Å². The number of imidazole rings is 1. The highest BCUT2D eigenvalue weighted by molar-refractivity contribution is 6.00. The van der Waals surface area contributed by atoms with Crippen LogP contribution in [0.15, 0.2) is 61.1 Å². The third-order valence-corrected chi connectivity index (χ3v) is 8.11. The first-order chi connectivity index (χ1) is 22.3. The molecule has 0 fully saturated rings. The molecule has 0 saturated carbocycles. The highest BCUT2D eigenvalue weighted by Crippen LogP contribution is 2.39. The van der Waals surface area contributed by atoms with Crippen molar-refractivity contribution in [1.82, 2.24) is 19.3 Å². The highest BCUT2D eigenvalue weighted by Gasteiger charge is 2.39. The topological polar surface area (TPSA) is 90.2 Å². The number of alkyl halides is 6. The van der Waals surface area contributed by atoms with Crippen LogP contribution in [0.2, 0.25) is 0 Å². The van der Waals surface area contributed by atoms with Gasteiger partial charge in [-0.2, -0.15) is 26.3 Å². The number of likely N-dealkylation sites (N-methyl/N-ethyl adjacent to an activating group) is 1. The molecule has 0 bridgehead atoms. The molecule has 5 aromatic rings. The van der Waals surface area contributed by atoms with Gasteiger partial charge in [0.05, 0.1) is 73.7 Å². The van der Waals surface area contributed by atoms with Crippen LogP contribution < -0.4 is 14.8 Å². The smallest absolute Gasteiger partial charge is 0.417 e. The van der Waals surface area contributed by atoms with Gasteiger partial charge in [0.15, 0.2) is 5.82 Å². The Kier molecular flexibility index (Phi) is 8.11. The third-order valence-electron chi connectivity index (χ3n) is 8.11. The Bertz CT molecular complexity index is 1990. The Morgan fingerprint density at radius 3 is 2.51 bits per heavy atom. The summed E-state index contributed by atoms with van der Waals surface area (Å²) in [5, 5.41) is 3.14. The Balaban J connectivity index is 1.38. The normalized spacial score (nSPS) is 15.0. The highest BCUT2D eigenvalue weighted by atomic mass is 19.4. The molecule has 1 aliphatic heterocycles. The van der Waals surface area contributed by atoms with Crippen molar-refractivity contribution in [3.63, 3.8) is 0 Å². The van der Waals surface area contributed by atoms with Crippen molar-refractivity contribution in [2.24, 2.45) is 0 Å². The summed E-state index contributed by atoms with van der Waals surface area (Å²) in [5.41, 5.74) is -0.922. The van der Waals surface area contributed by atoms with Crippen LogP contribution in [-0.2, 0) is 30.2 Å². The van der Waals surface area contributed by atoms with Crippen LogP contribution in [0.4, 0.5) is 32.2 Å². The van der Waals surface area contributed by atoms with E-state index in [0.29, 0.717) is 22.6 Å². The summed E-state index contributed by atoms with van der Waals surface area (Å²) in [7, 11) is 4.31. The van der Waals surface area contributed by atoms with E-state index in [1.165, 1.54) is 44.3 Å². The fourth-order valence-corrected chi connectivity index (χ4v) is 5.67. The number of carbonyl (C=O) groups is 1. The molecule has 1 atom stereocenters. The van der Waals surface area contributed by atoms with Crippen LogP contribution in [0.1, 0.15) is 44.2 Å². The van der Waals surface area contributed by atoms with Crippen LogP contribution in [0.25, 0.3) is 16.6 Å². The summed E-state index contributed by atoms with van der Waals surface area (Å²) in [6, 6.07) is 9.22. The maximum Gasteiger partial charge on any atom is 0.417 e. The number of carbonyl (C=O) groups excluding carboxylic acids is 1. The molecule has 3 aromatic carbocycles. The summed E-state index contributed by atoms with van der Waals surface area (Å²) >= 11 is 0. The molecular weight excluding hydrogens is 632 g/mol. The van der Waals surface area contributed by atoms with Crippen molar-refractivity contribution in [2.45, 2.75) is 31.5 Å². The van der Waals surface area contributed by atoms with Crippen LogP contribution in [0.3, 0.4) is 0 Å². The standard InChI is InChI=1S/C32H27F6N5O4/c1-42(27-15-47-14-18-8-19(31(33,34)35)5-7-21(18)27)30(44)22-10-25-24(11-23(22)32(36,37)38)41-29(26-13-39-16-43(25)26)40-12-17-4-6-20(45-2)9-28(17)46-3/h4-11,13,16,27H,12,14-15H2,1-3H3,(H,40,41)/t27-/m1/s1. The van der Waals surface area contributed by atoms with Gasteiger partial charge < -0.3 is 24.4 Å². The number of fused-ring (bicyclic) bond motifs is 4. The first-order valence-corrected chi connectivity index (χ1v) is 14.2. The van der Waals surface area contributed by atoms with Gasteiger partial charge in [0.25, 0.3) is 5.91 Å². The maximum absolute atomic E-state index is 14.5. The summed E-state index contributed by atoms with van der Waals surface area (Å²) < 4.78 is 101. The molecule has 0 saturated heterocycles. The van der Waals surface area contributed by atoms with Crippen LogP contribution in [-0.4, -0.2) is 53.0 Å². The number of halogens is 6. The number of aromatic nitrogens is 3. The fourth-order valence-electron chi connectivity index (χ4n) is 5.67. The number of ether oxygens (including phenoxy) is 3. The molecule has 1 aliphatic rings. The molecule has 0 aliphatic carbocycles. The van der Waals surface area contributed by atoms with Gasteiger partial charge in [0.1, 0.15) is 17.0 Å². The second-order valence-corrected chi connectivity index (χ2v) is 10.9. The molecule has 6 rings (SSSR count). The van der Waals surface area contributed by atoms with Crippen molar-refractivity contribution < 1.29 is 45.3 Å². The number of benzene rings is 3. The first-order valence-electron chi connectivity index (χ1n) is 14.2. The monoisotopic (exact) mass is 659 g/mol. The van der Waals surface area contributed by atoms with E-state index < -0.39 is 41.0 Å². The molecule has 15 heteroatoms. The summed E-state index contributed by atoms with van der Waals surface area (Å²) in [6.45, 7) is -0.0419. The second-order valence-electron chi connectivity index (χ2n) is 10.9. The summed E-state index contributed by atoms with van der Waals surface area (Å²) in [5.74, 6) is 0.355. The largest absolute Gasteiger partial charge is 0.497 e. The molecule has 0 spiro atoms. The average Bonchev–Trinajstić information content (AvgIpc) is 3.55. The number of nitrogens with zero attached hydrogens (tertiary/aromatic N) is 4. The number of anilines is 1. The molecule has 0 radical (unpaired) electrons. The van der Waals surface area contributed by atoms with Crippen LogP contribution >= 0.6 is 0 Å². The van der Waals surface area contributed by atoms with Gasteiger partial charge >= 0.3 is 12.4 Å². The Labute approximate surface area is 263 Å². The Hall–Kier alpha value is -5.05. The zero-order valence-corrected chi connectivity index (χ0v) is 25.2. The van der Waals surface area contributed by atoms with Gasteiger partial charge in [0, 0.05) is 25.2 Å². The van der Waals surface area contributed by atoms with E-state index in [1.807, 2.05) is 0 Å². The molecule has 2 aromatic heterocycles. The second kappa shape index (κ2) is 12.0. The molecule has 1 amide bonds. The Morgan fingerprint density at radius 2 is 1.81 bits per heavy atom. The lowest BCUT2D eigenvalue weighted by Crippen LogP contribution is -2.37. The van der Waals surface area contributed by atoms with E-state index in [2.05, 4.69) is 15.3 Å². The van der Waals surface area contributed by atoms with Gasteiger partial charge in [0.2, 0.25) is 0 Å². The van der Waals surface area contributed by atoms with Gasteiger partial charge in [-0.05, 0) is 47.5 Å². The number of methoxy groups -OCH3 is 2. The minimum absolute atomic E-state index is 0.0581. The zero-order valence-electron chi connectivity index (χ0n) is 25.2. The van der Waals surface area contributed by atoms with Crippen molar-refractivity contribution in [2.75, 3.05) is 33.2 Å². The number of nitrogens with one attached hydrogen (secondary N) is 1. The van der Waals surface area contributed by atoms with E-state index in [0.717, 1.165) is 34.7 Å². The minimum Gasteiger partial charge on any atom is -0.497 e. The molecule has 3 heterocycles. The van der Waals surface area contributed by atoms with Gasteiger partial charge in [-0.25, -0.2) is 9.97 Å². The molecule has 47 heavy (non-hydrogen) atoms. The lowest BCUT2D eigenvalue weighted by Gasteiger charge is -2.34. The van der Waals surface area contributed by atoms with E-state index in [1.54, 1.807) is 18.2 Å². The molecule has 246 valence electrons. The first kappa shape index (κ1) is 31.9. The molecule has 0 unspecified atom stereocenters. The quantitative estimate of drug-likeness (QED) is 0.190. The molecule has 1 N–H and O–H groups in total. The predicted molar refractivity (Wildman–Crippen MR) is 158 cm³/mol. The van der Waals surface area contributed by atoms with Crippen molar-refractivity contribution in [3.8, 4) is 11.5 Å². The third kappa shape index (κ3) is 5.98. The van der Waals surface area contributed by atoms with Gasteiger partial charge in [-0.1, -0.05) is 6.07 Å². The number of hydrogen-bond acceptors (Lipinski definition) is 7. The van der Waals surface area contributed by atoms with E-state index in [9.17, 15) is 31.1 Å². The lowest BCUT2D eigenvalue weighted by molar-refractivity contribution is -0.138. The lowest BCUT2D eigenvalue weighted by atomic mass is 9.94. The van der Waals surface area contributed by atoms with Crippen molar-refractivity contribution in [3.05, 3.63) is 94.4 Å². The zero-order chi connectivity index (χ0) is 33.7. The SMILES string of the molecule is COc1ccc(CNc2nc3cc(C(F)(F)F)c(C(=O)N(C)[C@@H]4COCc5cc(C(F)(F)F)ccc54)cc3n3cncc23)c(OC)c1. The van der Waals surface area contributed by atoms with E-state index >= 15 is 0 Å². The number of rotatable bonds is 7. The summed E-state index contributed by atoms with van der Waals surface area (Å²) in [4.78, 5) is 23.5. The van der Waals surface area contributed by atoms with E-state index in [-0.39, 0.29) is 42.2 Å². The Morgan fingerprint density at radius 1 is 1.02 bits per heavy atom. The maximum atomic E-state index is 14.5. The average molecular weight is 660 g/mol. The number of amides is 1. The minimum atomic E-state index is -4.95. The van der Waals surface area contributed by atoms with Crippen LogP contribution in [0.5, 0.6) is 11.5 Å². The molecular formula is C32H27F6N5O4. The molecule has 9 nitrogen and oxygen atoms in total.